The largest absolute Gasteiger partial charge is 0.346 e. The molecule has 0 unspecified atom stereocenters. The molecular weight excluding hydrogens is 192 g/mol. The fourth-order valence-corrected chi connectivity index (χ4v) is 2.21. The molecule has 1 fully saturated rings. The summed E-state index contributed by atoms with van der Waals surface area (Å²) in [4.78, 5) is 10.3. The number of carbonyl (C=O) groups excluding carboxylic acids is 1. The number of halogens is 2. The standard InChI is InChI=1S/C5H7F2NO3S/c6-4(7)5(9)8-3-1-12(10,11)2-3/h3-4H,1-2H2,(H,8,9). The molecule has 0 aromatic heterocycles. The summed E-state index contributed by atoms with van der Waals surface area (Å²) in [6.07, 6.45) is -3.08. The van der Waals surface area contributed by atoms with E-state index < -0.39 is 28.2 Å². The topological polar surface area (TPSA) is 63.2 Å². The van der Waals surface area contributed by atoms with Crippen LogP contribution in [0.2, 0.25) is 0 Å². The van der Waals surface area contributed by atoms with Crippen LogP contribution in [0.15, 0.2) is 0 Å². The maximum Gasteiger partial charge on any atom is 0.315 e. The van der Waals surface area contributed by atoms with Crippen molar-refractivity contribution in [2.75, 3.05) is 11.5 Å². The van der Waals surface area contributed by atoms with Gasteiger partial charge in [-0.05, 0) is 0 Å². The number of rotatable bonds is 2. The maximum absolute atomic E-state index is 11.6. The summed E-state index contributed by atoms with van der Waals surface area (Å²) in [5.41, 5.74) is 0. The first-order valence-electron chi connectivity index (χ1n) is 3.20. The molecule has 0 aliphatic carbocycles. The van der Waals surface area contributed by atoms with E-state index in [1.165, 1.54) is 0 Å². The molecule has 4 nitrogen and oxygen atoms in total. The number of hydrogen-bond donors (Lipinski definition) is 1. The number of carbonyl (C=O) groups is 1. The van der Waals surface area contributed by atoms with Crippen LogP contribution in [0.1, 0.15) is 0 Å². The fourth-order valence-electron chi connectivity index (χ4n) is 0.912. The Bertz CT molecular complexity index is 275. The number of sulfone groups is 1. The minimum Gasteiger partial charge on any atom is -0.346 e. The van der Waals surface area contributed by atoms with Gasteiger partial charge in [0.15, 0.2) is 9.84 Å². The van der Waals surface area contributed by atoms with Gasteiger partial charge in [-0.1, -0.05) is 0 Å². The van der Waals surface area contributed by atoms with E-state index in [1.54, 1.807) is 0 Å². The summed E-state index contributed by atoms with van der Waals surface area (Å²) in [6.45, 7) is 0. The van der Waals surface area contributed by atoms with Gasteiger partial charge in [0.25, 0.3) is 5.91 Å². The lowest BCUT2D eigenvalue weighted by Gasteiger charge is -2.26. The van der Waals surface area contributed by atoms with Crippen molar-refractivity contribution >= 4 is 15.7 Å². The molecule has 0 saturated carbocycles. The summed E-state index contributed by atoms with van der Waals surface area (Å²) in [5, 5.41) is 1.90. The third-order valence-electron chi connectivity index (χ3n) is 1.45. The van der Waals surface area contributed by atoms with Gasteiger partial charge in [-0.25, -0.2) is 8.42 Å². The highest BCUT2D eigenvalue weighted by Crippen LogP contribution is 2.10. The average molecular weight is 199 g/mol. The molecule has 1 aliphatic rings. The first kappa shape index (κ1) is 9.37. The van der Waals surface area contributed by atoms with E-state index in [-0.39, 0.29) is 11.5 Å². The first-order chi connectivity index (χ1) is 5.41. The van der Waals surface area contributed by atoms with Crippen LogP contribution in [0.25, 0.3) is 0 Å². The zero-order valence-electron chi connectivity index (χ0n) is 5.96. The molecule has 0 spiro atoms. The van der Waals surface area contributed by atoms with E-state index >= 15 is 0 Å². The van der Waals surface area contributed by atoms with Gasteiger partial charge in [0.05, 0.1) is 17.5 Å². The van der Waals surface area contributed by atoms with Crippen LogP contribution in [0.3, 0.4) is 0 Å². The molecule has 0 radical (unpaired) electrons. The number of nitrogens with one attached hydrogen (secondary N) is 1. The highest BCUT2D eigenvalue weighted by molar-refractivity contribution is 7.92. The normalized spacial score (nSPS) is 21.9. The monoisotopic (exact) mass is 199 g/mol. The second-order valence-corrected chi connectivity index (χ2v) is 4.74. The van der Waals surface area contributed by atoms with Crippen LogP contribution in [-0.4, -0.2) is 38.3 Å². The van der Waals surface area contributed by atoms with Crippen LogP contribution in [0, 0.1) is 0 Å². The van der Waals surface area contributed by atoms with Crippen LogP contribution in [-0.2, 0) is 14.6 Å². The fraction of sp³-hybridized carbons (Fsp3) is 0.800. The minimum absolute atomic E-state index is 0.231. The van der Waals surface area contributed by atoms with Crippen molar-refractivity contribution < 1.29 is 22.0 Å². The molecule has 70 valence electrons. The van der Waals surface area contributed by atoms with E-state index in [4.69, 9.17) is 0 Å². The van der Waals surface area contributed by atoms with E-state index in [2.05, 4.69) is 0 Å². The molecule has 1 aliphatic heterocycles. The summed E-state index contributed by atoms with van der Waals surface area (Å²) >= 11 is 0. The average Bonchev–Trinajstić information content (AvgIpc) is 1.83. The Morgan fingerprint density at radius 2 is 1.92 bits per heavy atom. The zero-order valence-corrected chi connectivity index (χ0v) is 6.77. The summed E-state index contributed by atoms with van der Waals surface area (Å²) in [6, 6.07) is -0.628. The highest BCUT2D eigenvalue weighted by atomic mass is 32.2. The smallest absolute Gasteiger partial charge is 0.315 e. The Morgan fingerprint density at radius 1 is 1.42 bits per heavy atom. The minimum atomic E-state index is -3.08. The summed E-state index contributed by atoms with van der Waals surface area (Å²) in [5.74, 6) is -1.87. The number of alkyl halides is 2. The quantitative estimate of drug-likeness (QED) is 0.631. The van der Waals surface area contributed by atoms with Crippen molar-refractivity contribution in [3.05, 3.63) is 0 Å². The Morgan fingerprint density at radius 3 is 2.25 bits per heavy atom. The first-order valence-corrected chi connectivity index (χ1v) is 5.02. The lowest BCUT2D eigenvalue weighted by molar-refractivity contribution is -0.132. The lowest BCUT2D eigenvalue weighted by Crippen LogP contribution is -2.54. The van der Waals surface area contributed by atoms with Gasteiger partial charge in [0, 0.05) is 0 Å². The predicted molar refractivity (Wildman–Crippen MR) is 36.6 cm³/mol. The zero-order chi connectivity index (χ0) is 9.35. The second kappa shape index (κ2) is 2.96. The molecule has 1 heterocycles. The Kier molecular flexibility index (Phi) is 2.31. The Hall–Kier alpha value is -0.720. The Balaban J connectivity index is 2.33. The third kappa shape index (κ3) is 2.13. The summed E-state index contributed by atoms with van der Waals surface area (Å²) in [7, 11) is -3.06. The molecule has 0 bridgehead atoms. The Labute approximate surface area is 67.9 Å². The third-order valence-corrected chi connectivity index (χ3v) is 3.28. The highest BCUT2D eigenvalue weighted by Gasteiger charge is 2.35. The van der Waals surface area contributed by atoms with Gasteiger partial charge in [-0.15, -0.1) is 0 Å². The van der Waals surface area contributed by atoms with Crippen molar-refractivity contribution in [2.24, 2.45) is 0 Å². The molecule has 1 rings (SSSR count). The van der Waals surface area contributed by atoms with Crippen LogP contribution >= 0.6 is 0 Å². The molecule has 0 aromatic rings. The van der Waals surface area contributed by atoms with Crippen molar-refractivity contribution in [2.45, 2.75) is 12.5 Å². The molecule has 12 heavy (non-hydrogen) atoms. The maximum atomic E-state index is 11.6. The van der Waals surface area contributed by atoms with Gasteiger partial charge >= 0.3 is 6.43 Å². The van der Waals surface area contributed by atoms with Crippen molar-refractivity contribution in [1.82, 2.24) is 5.32 Å². The van der Waals surface area contributed by atoms with Crippen molar-refractivity contribution in [3.63, 3.8) is 0 Å². The predicted octanol–water partition coefficient (Wildman–Crippen LogP) is -0.835. The van der Waals surface area contributed by atoms with Gasteiger partial charge in [-0.3, -0.25) is 4.79 Å². The van der Waals surface area contributed by atoms with Crippen molar-refractivity contribution in [3.8, 4) is 0 Å². The van der Waals surface area contributed by atoms with Gasteiger partial charge in [-0.2, -0.15) is 8.78 Å². The molecule has 0 aromatic carbocycles. The number of hydrogen-bond acceptors (Lipinski definition) is 3. The van der Waals surface area contributed by atoms with E-state index in [1.807, 2.05) is 5.32 Å². The van der Waals surface area contributed by atoms with Crippen molar-refractivity contribution in [1.29, 1.82) is 0 Å². The van der Waals surface area contributed by atoms with E-state index in [0.29, 0.717) is 0 Å². The van der Waals surface area contributed by atoms with Crippen LogP contribution in [0.5, 0.6) is 0 Å². The van der Waals surface area contributed by atoms with Crippen LogP contribution in [0.4, 0.5) is 8.78 Å². The SMILES string of the molecule is O=C(NC1CS(=O)(=O)C1)C(F)F. The lowest BCUT2D eigenvalue weighted by atomic mass is 10.3. The molecule has 1 saturated heterocycles. The molecule has 7 heteroatoms. The van der Waals surface area contributed by atoms with Gasteiger partial charge < -0.3 is 5.32 Å². The van der Waals surface area contributed by atoms with Gasteiger partial charge in [0.2, 0.25) is 0 Å². The van der Waals surface area contributed by atoms with Gasteiger partial charge in [0.1, 0.15) is 0 Å². The second-order valence-electron chi connectivity index (χ2n) is 2.58. The molecular formula is C5H7F2NO3S. The molecule has 1 N–H and O–H groups in total. The van der Waals surface area contributed by atoms with E-state index in [0.717, 1.165) is 0 Å². The number of amides is 1. The summed E-state index contributed by atoms with van der Waals surface area (Å²) < 4.78 is 44.2. The van der Waals surface area contributed by atoms with E-state index in [9.17, 15) is 22.0 Å². The molecule has 0 atom stereocenters. The molecule has 1 amide bonds. The van der Waals surface area contributed by atoms with Crippen LogP contribution < -0.4 is 5.32 Å².